The summed E-state index contributed by atoms with van der Waals surface area (Å²) < 4.78 is 0. The van der Waals surface area contributed by atoms with Gasteiger partial charge in [-0.05, 0) is 42.4 Å². The molecule has 0 aromatic heterocycles. The second-order valence-electron chi connectivity index (χ2n) is 5.09. The van der Waals surface area contributed by atoms with Crippen LogP contribution in [0.2, 0.25) is 5.02 Å². The first-order chi connectivity index (χ1) is 7.01. The molecule has 1 aromatic rings. The normalized spacial score (nSPS) is 29.5. The van der Waals surface area contributed by atoms with Crippen LogP contribution in [-0.4, -0.2) is 5.54 Å². The van der Waals surface area contributed by atoms with Crippen molar-refractivity contribution in [3.05, 3.63) is 34.9 Å². The maximum absolute atomic E-state index is 6.33. The average Bonchev–Trinajstić information content (AvgIpc) is 2.83. The number of benzene rings is 1. The van der Waals surface area contributed by atoms with Gasteiger partial charge in [-0.25, -0.2) is 0 Å². The van der Waals surface area contributed by atoms with Crippen molar-refractivity contribution in [2.75, 3.05) is 0 Å². The van der Waals surface area contributed by atoms with Crippen molar-refractivity contribution in [2.45, 2.75) is 32.2 Å². The molecule has 0 amide bonds. The minimum absolute atomic E-state index is 0.0436. The van der Waals surface area contributed by atoms with Gasteiger partial charge in [-0.1, -0.05) is 37.6 Å². The molecule has 0 aliphatic heterocycles. The summed E-state index contributed by atoms with van der Waals surface area (Å²) in [5.41, 5.74) is 7.67. The summed E-state index contributed by atoms with van der Waals surface area (Å²) in [5.74, 6) is 1.38. The first-order valence-corrected chi connectivity index (χ1v) is 5.92. The van der Waals surface area contributed by atoms with Gasteiger partial charge < -0.3 is 5.73 Å². The van der Waals surface area contributed by atoms with Crippen LogP contribution in [0, 0.1) is 11.8 Å². The van der Waals surface area contributed by atoms with E-state index in [2.05, 4.69) is 26.0 Å². The van der Waals surface area contributed by atoms with Crippen LogP contribution in [0.3, 0.4) is 0 Å². The zero-order valence-electron chi connectivity index (χ0n) is 9.33. The monoisotopic (exact) mass is 223 g/mol. The molecule has 1 nitrogen and oxygen atoms in total. The lowest BCUT2D eigenvalue weighted by atomic mass is 9.98. The fourth-order valence-corrected chi connectivity index (χ4v) is 2.56. The van der Waals surface area contributed by atoms with Gasteiger partial charge in [-0.2, -0.15) is 0 Å². The first kappa shape index (κ1) is 11.0. The lowest BCUT2D eigenvalue weighted by Gasteiger charge is -2.13. The molecule has 2 heteroatoms. The molecule has 1 saturated carbocycles. The molecule has 1 fully saturated rings. The zero-order chi connectivity index (χ0) is 11.1. The summed E-state index contributed by atoms with van der Waals surface area (Å²) in [7, 11) is 0. The summed E-state index contributed by atoms with van der Waals surface area (Å²) in [4.78, 5) is 0. The van der Waals surface area contributed by atoms with Crippen molar-refractivity contribution in [3.63, 3.8) is 0 Å². The number of nitrogens with two attached hydrogens (primary N) is 1. The fourth-order valence-electron chi connectivity index (χ4n) is 2.44. The highest BCUT2D eigenvalue weighted by atomic mass is 35.5. The predicted octanol–water partition coefficient (Wildman–Crippen LogP) is 3.26. The maximum atomic E-state index is 6.33. The lowest BCUT2D eigenvalue weighted by molar-refractivity contribution is 0.475. The van der Waals surface area contributed by atoms with Gasteiger partial charge in [0, 0.05) is 10.6 Å². The van der Waals surface area contributed by atoms with E-state index in [4.69, 9.17) is 17.3 Å². The molecule has 0 saturated heterocycles. The summed E-state index contributed by atoms with van der Waals surface area (Å²) >= 11 is 5.85. The average molecular weight is 224 g/mol. The minimum atomic E-state index is 0.0436. The van der Waals surface area contributed by atoms with E-state index >= 15 is 0 Å². The maximum Gasteiger partial charge on any atom is 0.0406 e. The molecule has 2 atom stereocenters. The highest BCUT2D eigenvalue weighted by Gasteiger charge is 2.51. The number of rotatable bonds is 3. The van der Waals surface area contributed by atoms with Crippen molar-refractivity contribution < 1.29 is 0 Å². The standard InChI is InChI=1S/C13H18ClN/c1-9(2)12-8-13(12,15)7-10-3-5-11(14)6-4-10/h3-6,9,12H,7-8,15H2,1-2H3. The van der Waals surface area contributed by atoms with E-state index in [0.29, 0.717) is 11.8 Å². The Morgan fingerprint density at radius 3 is 2.47 bits per heavy atom. The van der Waals surface area contributed by atoms with Crippen molar-refractivity contribution in [1.82, 2.24) is 0 Å². The zero-order valence-corrected chi connectivity index (χ0v) is 10.1. The van der Waals surface area contributed by atoms with E-state index in [0.717, 1.165) is 17.9 Å². The van der Waals surface area contributed by atoms with E-state index in [-0.39, 0.29) is 5.54 Å². The molecule has 1 aromatic carbocycles. The molecule has 2 N–H and O–H groups in total. The van der Waals surface area contributed by atoms with E-state index in [1.807, 2.05) is 12.1 Å². The Morgan fingerprint density at radius 1 is 1.40 bits per heavy atom. The molecule has 0 heterocycles. The molecular weight excluding hydrogens is 206 g/mol. The van der Waals surface area contributed by atoms with Gasteiger partial charge in [0.2, 0.25) is 0 Å². The van der Waals surface area contributed by atoms with Gasteiger partial charge in [-0.3, -0.25) is 0 Å². The second kappa shape index (κ2) is 3.80. The third-order valence-electron chi connectivity index (χ3n) is 3.43. The third kappa shape index (κ3) is 2.35. The first-order valence-electron chi connectivity index (χ1n) is 5.54. The molecule has 82 valence electrons. The van der Waals surface area contributed by atoms with E-state index < -0.39 is 0 Å². The quantitative estimate of drug-likeness (QED) is 0.837. The number of hydrogen-bond donors (Lipinski definition) is 1. The van der Waals surface area contributed by atoms with Crippen LogP contribution in [0.4, 0.5) is 0 Å². The molecule has 0 spiro atoms. The Bertz CT molecular complexity index is 344. The largest absolute Gasteiger partial charge is 0.325 e. The van der Waals surface area contributed by atoms with E-state index in [9.17, 15) is 0 Å². The molecule has 0 bridgehead atoms. The van der Waals surface area contributed by atoms with Crippen molar-refractivity contribution in [2.24, 2.45) is 17.6 Å². The predicted molar refractivity (Wildman–Crippen MR) is 65.0 cm³/mol. The van der Waals surface area contributed by atoms with Crippen LogP contribution in [0.1, 0.15) is 25.8 Å². The Kier molecular flexibility index (Phi) is 2.78. The van der Waals surface area contributed by atoms with Crippen LogP contribution in [0.15, 0.2) is 24.3 Å². The van der Waals surface area contributed by atoms with Gasteiger partial charge in [0.05, 0.1) is 0 Å². The molecule has 0 radical (unpaired) electrons. The summed E-state index contributed by atoms with van der Waals surface area (Å²) in [6.45, 7) is 4.50. The topological polar surface area (TPSA) is 26.0 Å². The van der Waals surface area contributed by atoms with Crippen molar-refractivity contribution in [3.8, 4) is 0 Å². The van der Waals surface area contributed by atoms with Crippen molar-refractivity contribution in [1.29, 1.82) is 0 Å². The second-order valence-corrected chi connectivity index (χ2v) is 5.53. The van der Waals surface area contributed by atoms with E-state index in [1.54, 1.807) is 0 Å². The van der Waals surface area contributed by atoms with E-state index in [1.165, 1.54) is 5.56 Å². The Hall–Kier alpha value is -0.530. The summed E-state index contributed by atoms with van der Waals surface area (Å²) in [6, 6.07) is 8.03. The lowest BCUT2D eigenvalue weighted by Crippen LogP contribution is -2.29. The molecular formula is C13H18ClN. The Morgan fingerprint density at radius 2 is 2.00 bits per heavy atom. The van der Waals surface area contributed by atoms with Gasteiger partial charge in [0.15, 0.2) is 0 Å². The van der Waals surface area contributed by atoms with Crippen LogP contribution >= 0.6 is 11.6 Å². The molecule has 1 aliphatic carbocycles. The third-order valence-corrected chi connectivity index (χ3v) is 3.68. The van der Waals surface area contributed by atoms with Crippen LogP contribution in [0.25, 0.3) is 0 Å². The Balaban J connectivity index is 2.02. The van der Waals surface area contributed by atoms with Crippen LogP contribution < -0.4 is 5.73 Å². The fraction of sp³-hybridized carbons (Fsp3) is 0.538. The molecule has 1 aliphatic rings. The molecule has 2 rings (SSSR count). The summed E-state index contributed by atoms with van der Waals surface area (Å²) in [5, 5.41) is 0.793. The molecule has 2 unspecified atom stereocenters. The van der Waals surface area contributed by atoms with Gasteiger partial charge >= 0.3 is 0 Å². The van der Waals surface area contributed by atoms with Crippen LogP contribution in [0.5, 0.6) is 0 Å². The Labute approximate surface area is 96.6 Å². The van der Waals surface area contributed by atoms with Gasteiger partial charge in [-0.15, -0.1) is 0 Å². The SMILES string of the molecule is CC(C)C1CC1(N)Cc1ccc(Cl)cc1. The highest BCUT2D eigenvalue weighted by Crippen LogP contribution is 2.48. The number of halogens is 1. The van der Waals surface area contributed by atoms with Gasteiger partial charge in [0.25, 0.3) is 0 Å². The number of hydrogen-bond acceptors (Lipinski definition) is 1. The summed E-state index contributed by atoms with van der Waals surface area (Å²) in [6.07, 6.45) is 2.14. The highest BCUT2D eigenvalue weighted by molar-refractivity contribution is 6.30. The van der Waals surface area contributed by atoms with Gasteiger partial charge in [0.1, 0.15) is 0 Å². The minimum Gasteiger partial charge on any atom is -0.325 e. The molecule has 15 heavy (non-hydrogen) atoms. The van der Waals surface area contributed by atoms with Crippen LogP contribution in [-0.2, 0) is 6.42 Å². The smallest absolute Gasteiger partial charge is 0.0406 e. The van der Waals surface area contributed by atoms with Crippen molar-refractivity contribution >= 4 is 11.6 Å².